The molecule has 0 radical (unpaired) electrons. The largest absolute Gasteiger partial charge is 0.382 e. The van der Waals surface area contributed by atoms with Crippen LogP contribution in [0.25, 0.3) is 6.08 Å². The summed E-state index contributed by atoms with van der Waals surface area (Å²) in [5, 5.41) is 9.06. The second-order valence-corrected chi connectivity index (χ2v) is 2.98. The molecule has 3 heteroatoms. The molecule has 0 aliphatic heterocycles. The van der Waals surface area contributed by atoms with Gasteiger partial charge in [0.15, 0.2) is 0 Å². The van der Waals surface area contributed by atoms with Crippen LogP contribution in [0.4, 0.5) is 8.78 Å². The molecule has 1 rings (SSSR count). The number of rotatable bonds is 3. The van der Waals surface area contributed by atoms with Gasteiger partial charge < -0.3 is 5.11 Å². The number of terminal acetylenes is 1. The number of alkyl halides is 2. The third-order valence-corrected chi connectivity index (χ3v) is 1.83. The molecule has 0 fully saturated rings. The topological polar surface area (TPSA) is 20.2 Å². The monoisotopic (exact) mass is 208 g/mol. The first-order valence-corrected chi connectivity index (χ1v) is 4.33. The van der Waals surface area contributed by atoms with Crippen molar-refractivity contribution in [1.82, 2.24) is 0 Å². The van der Waals surface area contributed by atoms with Crippen molar-refractivity contribution in [2.75, 3.05) is 0 Å². The highest BCUT2D eigenvalue weighted by atomic mass is 19.3. The van der Waals surface area contributed by atoms with Crippen LogP contribution in [0.15, 0.2) is 36.4 Å². The van der Waals surface area contributed by atoms with Crippen molar-refractivity contribution >= 4 is 6.08 Å². The van der Waals surface area contributed by atoms with Gasteiger partial charge in [0.1, 0.15) is 6.10 Å². The van der Waals surface area contributed by atoms with Crippen LogP contribution in [-0.4, -0.2) is 17.1 Å². The summed E-state index contributed by atoms with van der Waals surface area (Å²) in [7, 11) is 0. The van der Waals surface area contributed by atoms with E-state index < -0.39 is 12.0 Å². The molecule has 0 bridgehead atoms. The Morgan fingerprint density at radius 2 is 1.93 bits per heavy atom. The summed E-state index contributed by atoms with van der Waals surface area (Å²) in [4.78, 5) is 0. The molecule has 0 saturated heterocycles. The summed E-state index contributed by atoms with van der Waals surface area (Å²) < 4.78 is 25.4. The van der Waals surface area contributed by atoms with E-state index in [-0.39, 0.29) is 0 Å². The van der Waals surface area contributed by atoms with E-state index in [9.17, 15) is 8.78 Å². The summed E-state index contributed by atoms with van der Waals surface area (Å²) in [5.74, 6) is -2.28. The lowest BCUT2D eigenvalue weighted by atomic mass is 10.1. The molecule has 1 unspecified atom stereocenters. The zero-order valence-corrected chi connectivity index (χ0v) is 7.90. The van der Waals surface area contributed by atoms with Gasteiger partial charge >= 0.3 is 5.92 Å². The molecule has 0 aliphatic carbocycles. The molecule has 1 nitrogen and oxygen atoms in total. The number of hydrogen-bond acceptors (Lipinski definition) is 1. The molecule has 0 spiro atoms. The van der Waals surface area contributed by atoms with E-state index in [1.54, 1.807) is 24.3 Å². The molecule has 0 heterocycles. The van der Waals surface area contributed by atoms with Crippen molar-refractivity contribution in [3.05, 3.63) is 42.0 Å². The van der Waals surface area contributed by atoms with E-state index in [0.717, 1.165) is 11.6 Å². The maximum absolute atomic E-state index is 12.7. The Bertz CT molecular complexity index is 376. The highest BCUT2D eigenvalue weighted by Gasteiger charge is 2.33. The average molecular weight is 208 g/mol. The van der Waals surface area contributed by atoms with Crippen LogP contribution in [0.1, 0.15) is 5.56 Å². The lowest BCUT2D eigenvalue weighted by molar-refractivity contribution is -0.0361. The third kappa shape index (κ3) is 3.19. The number of aliphatic hydroxyl groups excluding tert-OH is 1. The second kappa shape index (κ2) is 4.72. The Morgan fingerprint density at radius 3 is 2.47 bits per heavy atom. The van der Waals surface area contributed by atoms with Gasteiger partial charge in [0.25, 0.3) is 0 Å². The van der Waals surface area contributed by atoms with Gasteiger partial charge in [0, 0.05) is 0 Å². The highest BCUT2D eigenvalue weighted by molar-refractivity contribution is 5.49. The van der Waals surface area contributed by atoms with E-state index in [1.807, 2.05) is 6.07 Å². The summed E-state index contributed by atoms with van der Waals surface area (Å²) in [6, 6.07) is 8.81. The first-order valence-electron chi connectivity index (χ1n) is 4.33. The molecular formula is C12H10F2O. The molecule has 0 saturated carbocycles. The SMILES string of the molecule is C#CC(F)(F)C(O)/C=C/c1ccccc1. The second-order valence-electron chi connectivity index (χ2n) is 2.98. The lowest BCUT2D eigenvalue weighted by Crippen LogP contribution is -2.29. The predicted octanol–water partition coefficient (Wildman–Crippen LogP) is 2.33. The highest BCUT2D eigenvalue weighted by Crippen LogP contribution is 2.18. The fourth-order valence-electron chi connectivity index (χ4n) is 0.973. The smallest absolute Gasteiger partial charge is 0.336 e. The van der Waals surface area contributed by atoms with Crippen LogP contribution in [0.3, 0.4) is 0 Å². The van der Waals surface area contributed by atoms with Gasteiger partial charge in [0.05, 0.1) is 0 Å². The third-order valence-electron chi connectivity index (χ3n) is 1.83. The average Bonchev–Trinajstić information content (AvgIpc) is 2.27. The van der Waals surface area contributed by atoms with Gasteiger partial charge in [-0.2, -0.15) is 8.78 Å². The van der Waals surface area contributed by atoms with Crippen LogP contribution in [0.5, 0.6) is 0 Å². The van der Waals surface area contributed by atoms with Crippen molar-refractivity contribution in [3.63, 3.8) is 0 Å². The minimum absolute atomic E-state index is 0.726. The summed E-state index contributed by atoms with van der Waals surface area (Å²) in [5.41, 5.74) is 0.726. The molecule has 78 valence electrons. The van der Waals surface area contributed by atoms with Crippen molar-refractivity contribution < 1.29 is 13.9 Å². The molecule has 0 aliphatic rings. The molecule has 15 heavy (non-hydrogen) atoms. The molecule has 1 atom stereocenters. The minimum atomic E-state index is -3.52. The van der Waals surface area contributed by atoms with Crippen LogP contribution >= 0.6 is 0 Å². The van der Waals surface area contributed by atoms with Crippen LogP contribution in [-0.2, 0) is 0 Å². The van der Waals surface area contributed by atoms with Gasteiger partial charge in [0.2, 0.25) is 0 Å². The maximum atomic E-state index is 12.7. The van der Waals surface area contributed by atoms with Crippen molar-refractivity contribution in [2.24, 2.45) is 0 Å². The van der Waals surface area contributed by atoms with E-state index >= 15 is 0 Å². The van der Waals surface area contributed by atoms with Gasteiger partial charge in [-0.1, -0.05) is 36.4 Å². The van der Waals surface area contributed by atoms with E-state index in [2.05, 4.69) is 6.42 Å². The van der Waals surface area contributed by atoms with Gasteiger partial charge in [-0.05, 0) is 17.6 Å². The first kappa shape index (κ1) is 11.4. The molecular weight excluding hydrogens is 198 g/mol. The summed E-state index contributed by atoms with van der Waals surface area (Å²) >= 11 is 0. The fourth-order valence-corrected chi connectivity index (χ4v) is 0.973. The Morgan fingerprint density at radius 1 is 1.33 bits per heavy atom. The van der Waals surface area contributed by atoms with Crippen LogP contribution in [0, 0.1) is 12.3 Å². The number of benzene rings is 1. The zero-order chi connectivity index (χ0) is 11.3. The Kier molecular flexibility index (Phi) is 3.59. The Hall–Kier alpha value is -1.66. The number of halogens is 2. The predicted molar refractivity (Wildman–Crippen MR) is 55.3 cm³/mol. The van der Waals surface area contributed by atoms with Crippen molar-refractivity contribution in [1.29, 1.82) is 0 Å². The number of hydrogen-bond donors (Lipinski definition) is 1. The van der Waals surface area contributed by atoms with E-state index in [0.29, 0.717) is 0 Å². The van der Waals surface area contributed by atoms with E-state index in [1.165, 1.54) is 12.0 Å². The van der Waals surface area contributed by atoms with Crippen molar-refractivity contribution in [2.45, 2.75) is 12.0 Å². The van der Waals surface area contributed by atoms with E-state index in [4.69, 9.17) is 5.11 Å². The lowest BCUT2D eigenvalue weighted by Gasteiger charge is -2.12. The Labute approximate surface area is 87.1 Å². The van der Waals surface area contributed by atoms with Gasteiger partial charge in [-0.25, -0.2) is 0 Å². The quantitative estimate of drug-likeness (QED) is 0.756. The zero-order valence-electron chi connectivity index (χ0n) is 7.90. The van der Waals surface area contributed by atoms with Crippen LogP contribution in [0.2, 0.25) is 0 Å². The van der Waals surface area contributed by atoms with Gasteiger partial charge in [-0.15, -0.1) is 6.42 Å². The minimum Gasteiger partial charge on any atom is -0.382 e. The van der Waals surface area contributed by atoms with Gasteiger partial charge in [-0.3, -0.25) is 0 Å². The molecule has 1 N–H and O–H groups in total. The van der Waals surface area contributed by atoms with Crippen LogP contribution < -0.4 is 0 Å². The van der Waals surface area contributed by atoms with Crippen molar-refractivity contribution in [3.8, 4) is 12.3 Å². The molecule has 0 amide bonds. The molecule has 0 aromatic heterocycles. The fraction of sp³-hybridized carbons (Fsp3) is 0.167. The molecule has 1 aromatic rings. The summed E-state index contributed by atoms with van der Waals surface area (Å²) in [6.45, 7) is 0. The maximum Gasteiger partial charge on any atom is 0.336 e. The normalized spacial score (nSPS) is 13.7. The number of aliphatic hydroxyl groups is 1. The Balaban J connectivity index is 2.72. The first-order chi connectivity index (χ1) is 7.06. The molecule has 1 aromatic carbocycles. The summed E-state index contributed by atoms with van der Waals surface area (Å²) in [6.07, 6.45) is 5.01. The standard InChI is InChI=1S/C12H10F2O/c1-2-12(13,14)11(15)9-8-10-6-4-3-5-7-10/h1,3-9,11,15H/b9-8+.